The number of nitrogens with zero attached hydrogens (tertiary/aromatic N) is 1. The van der Waals surface area contributed by atoms with Gasteiger partial charge in [0.2, 0.25) is 0 Å². The second-order valence-electron chi connectivity index (χ2n) is 5.14. The van der Waals surface area contributed by atoms with E-state index in [-0.39, 0.29) is 11.8 Å². The van der Waals surface area contributed by atoms with Crippen LogP contribution in [0.15, 0.2) is 24.3 Å². The second kappa shape index (κ2) is 7.00. The lowest BCUT2D eigenvalue weighted by atomic mass is 10.1. The molecule has 2 rings (SSSR count). The van der Waals surface area contributed by atoms with Gasteiger partial charge in [-0.2, -0.15) is 13.2 Å². The Morgan fingerprint density at radius 2 is 2.14 bits per heavy atom. The number of rotatable bonds is 3. The van der Waals surface area contributed by atoms with Crippen LogP contribution < -0.4 is 5.32 Å². The summed E-state index contributed by atoms with van der Waals surface area (Å²) < 4.78 is 44.2. The van der Waals surface area contributed by atoms with Crippen LogP contribution in [0.5, 0.6) is 0 Å². The number of benzene rings is 1. The normalized spacial score (nSPS) is 19.1. The van der Waals surface area contributed by atoms with Crippen molar-refractivity contribution in [1.82, 2.24) is 4.90 Å². The molecule has 7 heteroatoms. The highest BCUT2D eigenvalue weighted by Crippen LogP contribution is 2.34. The number of hydrogen-bond acceptors (Lipinski definition) is 2. The largest absolute Gasteiger partial charge is 0.418 e. The number of carbonyl (C=O) groups excluding carboxylic acids is 1. The third-order valence-corrected chi connectivity index (χ3v) is 3.54. The molecule has 2 amide bonds. The van der Waals surface area contributed by atoms with Gasteiger partial charge in [-0.1, -0.05) is 12.1 Å². The molecule has 0 aliphatic carbocycles. The maximum absolute atomic E-state index is 12.9. The van der Waals surface area contributed by atoms with Crippen molar-refractivity contribution in [2.24, 2.45) is 0 Å². The number of ether oxygens (including phenoxy) is 1. The minimum absolute atomic E-state index is 0.0534. The first-order valence-corrected chi connectivity index (χ1v) is 7.25. The summed E-state index contributed by atoms with van der Waals surface area (Å²) in [5, 5.41) is 2.36. The Kier molecular flexibility index (Phi) is 5.28. The van der Waals surface area contributed by atoms with E-state index < -0.39 is 17.8 Å². The zero-order valence-corrected chi connectivity index (χ0v) is 12.3. The van der Waals surface area contributed by atoms with Crippen molar-refractivity contribution in [2.75, 3.05) is 25.0 Å². The van der Waals surface area contributed by atoms with Gasteiger partial charge >= 0.3 is 12.2 Å². The average molecular weight is 316 g/mol. The quantitative estimate of drug-likeness (QED) is 0.923. The highest BCUT2D eigenvalue weighted by molar-refractivity contribution is 5.90. The standard InChI is InChI=1S/C15H19F3N2O2/c1-2-22-11-6-5-9-20(10-11)14(21)19-13-8-4-3-7-12(13)15(16,17)18/h3-4,7-8,11H,2,5-6,9-10H2,1H3,(H,19,21)/t11-/m0/s1. The fraction of sp³-hybridized carbons (Fsp3) is 0.533. The summed E-state index contributed by atoms with van der Waals surface area (Å²) in [5.74, 6) is 0. The van der Waals surface area contributed by atoms with Crippen molar-refractivity contribution in [2.45, 2.75) is 32.0 Å². The van der Waals surface area contributed by atoms with Gasteiger partial charge in [-0.05, 0) is 31.9 Å². The van der Waals surface area contributed by atoms with Crippen LogP contribution in [0.4, 0.5) is 23.7 Å². The molecule has 1 saturated heterocycles. The fourth-order valence-electron chi connectivity index (χ4n) is 2.53. The molecular formula is C15H19F3N2O2. The van der Waals surface area contributed by atoms with Crippen molar-refractivity contribution >= 4 is 11.7 Å². The van der Waals surface area contributed by atoms with Crippen molar-refractivity contribution in [1.29, 1.82) is 0 Å². The molecule has 122 valence electrons. The third kappa shape index (κ3) is 4.13. The number of piperidine rings is 1. The first-order valence-electron chi connectivity index (χ1n) is 7.25. The number of nitrogens with one attached hydrogen (secondary N) is 1. The highest BCUT2D eigenvalue weighted by atomic mass is 19.4. The maximum Gasteiger partial charge on any atom is 0.418 e. The molecule has 0 bridgehead atoms. The number of likely N-dealkylation sites (tertiary alicyclic amines) is 1. The molecule has 1 N–H and O–H groups in total. The van der Waals surface area contributed by atoms with Crippen LogP contribution in [0.3, 0.4) is 0 Å². The molecule has 0 radical (unpaired) electrons. The van der Waals surface area contributed by atoms with Crippen LogP contribution in [-0.2, 0) is 10.9 Å². The Labute approximate surface area is 127 Å². The Bertz CT molecular complexity index is 518. The molecule has 0 unspecified atom stereocenters. The number of anilines is 1. The molecule has 1 heterocycles. The molecule has 1 aliphatic heterocycles. The molecule has 0 saturated carbocycles. The van der Waals surface area contributed by atoms with E-state index in [1.807, 2.05) is 6.92 Å². The SMILES string of the molecule is CCO[C@H]1CCCN(C(=O)Nc2ccccc2C(F)(F)F)C1. The van der Waals surface area contributed by atoms with E-state index in [1.54, 1.807) is 0 Å². The van der Waals surface area contributed by atoms with E-state index in [4.69, 9.17) is 4.74 Å². The van der Waals surface area contributed by atoms with Gasteiger partial charge in [-0.25, -0.2) is 4.79 Å². The summed E-state index contributed by atoms with van der Waals surface area (Å²) in [6.07, 6.45) is -2.92. The minimum Gasteiger partial charge on any atom is -0.377 e. The predicted octanol–water partition coefficient (Wildman–Crippen LogP) is 3.74. The van der Waals surface area contributed by atoms with E-state index in [2.05, 4.69) is 5.32 Å². The Balaban J connectivity index is 2.06. The van der Waals surface area contributed by atoms with Gasteiger partial charge in [0.05, 0.1) is 17.4 Å². The first-order chi connectivity index (χ1) is 10.4. The van der Waals surface area contributed by atoms with Crippen LogP contribution in [0.1, 0.15) is 25.3 Å². The number of hydrogen-bond donors (Lipinski definition) is 1. The van der Waals surface area contributed by atoms with Gasteiger partial charge in [0.1, 0.15) is 0 Å². The molecule has 0 spiro atoms. The summed E-state index contributed by atoms with van der Waals surface area (Å²) in [5.41, 5.74) is -1.07. The van der Waals surface area contributed by atoms with Gasteiger partial charge in [-0.3, -0.25) is 0 Å². The van der Waals surface area contributed by atoms with Crippen LogP contribution in [0.2, 0.25) is 0 Å². The van der Waals surface area contributed by atoms with Gasteiger partial charge in [0, 0.05) is 19.7 Å². The predicted molar refractivity (Wildman–Crippen MR) is 76.7 cm³/mol. The Morgan fingerprint density at radius 3 is 2.82 bits per heavy atom. The van der Waals surface area contributed by atoms with Gasteiger partial charge < -0.3 is 15.0 Å². The van der Waals surface area contributed by atoms with Crippen LogP contribution in [0.25, 0.3) is 0 Å². The summed E-state index contributed by atoms with van der Waals surface area (Å²) in [6, 6.07) is 4.44. The summed E-state index contributed by atoms with van der Waals surface area (Å²) >= 11 is 0. The number of amides is 2. The molecular weight excluding hydrogens is 297 g/mol. The lowest BCUT2D eigenvalue weighted by Gasteiger charge is -2.32. The number of urea groups is 1. The third-order valence-electron chi connectivity index (χ3n) is 3.54. The second-order valence-corrected chi connectivity index (χ2v) is 5.14. The van der Waals surface area contributed by atoms with Crippen molar-refractivity contribution in [3.63, 3.8) is 0 Å². The van der Waals surface area contributed by atoms with Crippen LogP contribution in [0, 0.1) is 0 Å². The molecule has 1 aliphatic rings. The molecule has 1 aromatic rings. The molecule has 1 fully saturated rings. The monoisotopic (exact) mass is 316 g/mol. The number of alkyl halides is 3. The zero-order chi connectivity index (χ0) is 16.2. The van der Waals surface area contributed by atoms with Crippen LogP contribution >= 0.6 is 0 Å². The molecule has 22 heavy (non-hydrogen) atoms. The van der Waals surface area contributed by atoms with E-state index in [0.717, 1.165) is 18.9 Å². The number of halogens is 3. The Hall–Kier alpha value is -1.76. The lowest BCUT2D eigenvalue weighted by Crippen LogP contribution is -2.45. The summed E-state index contributed by atoms with van der Waals surface area (Å²) in [7, 11) is 0. The van der Waals surface area contributed by atoms with Gasteiger partial charge in [0.15, 0.2) is 0 Å². The maximum atomic E-state index is 12.9. The smallest absolute Gasteiger partial charge is 0.377 e. The average Bonchev–Trinajstić information content (AvgIpc) is 2.47. The minimum atomic E-state index is -4.50. The first kappa shape index (κ1) is 16.6. The number of carbonyl (C=O) groups is 1. The topological polar surface area (TPSA) is 41.6 Å². The van der Waals surface area contributed by atoms with E-state index >= 15 is 0 Å². The molecule has 0 aromatic heterocycles. The van der Waals surface area contributed by atoms with Crippen molar-refractivity contribution in [3.05, 3.63) is 29.8 Å². The van der Waals surface area contributed by atoms with Gasteiger partial charge in [0.25, 0.3) is 0 Å². The Morgan fingerprint density at radius 1 is 1.41 bits per heavy atom. The van der Waals surface area contributed by atoms with Crippen LogP contribution in [-0.4, -0.2) is 36.7 Å². The highest BCUT2D eigenvalue weighted by Gasteiger charge is 2.34. The summed E-state index contributed by atoms with van der Waals surface area (Å²) in [4.78, 5) is 13.7. The molecule has 1 aromatic carbocycles. The van der Waals surface area contributed by atoms with E-state index in [0.29, 0.717) is 19.7 Å². The van der Waals surface area contributed by atoms with E-state index in [9.17, 15) is 18.0 Å². The van der Waals surface area contributed by atoms with Crippen molar-refractivity contribution in [3.8, 4) is 0 Å². The molecule has 1 atom stereocenters. The van der Waals surface area contributed by atoms with E-state index in [1.165, 1.54) is 23.1 Å². The summed E-state index contributed by atoms with van der Waals surface area (Å²) in [6.45, 7) is 3.34. The van der Waals surface area contributed by atoms with Gasteiger partial charge in [-0.15, -0.1) is 0 Å². The van der Waals surface area contributed by atoms with Crippen molar-refractivity contribution < 1.29 is 22.7 Å². The number of para-hydroxylation sites is 1. The fourth-order valence-corrected chi connectivity index (χ4v) is 2.53. The zero-order valence-electron chi connectivity index (χ0n) is 12.3. The lowest BCUT2D eigenvalue weighted by molar-refractivity contribution is -0.136. The molecule has 4 nitrogen and oxygen atoms in total.